The summed E-state index contributed by atoms with van der Waals surface area (Å²) in [6, 6.07) is 0. The van der Waals surface area contributed by atoms with Crippen molar-refractivity contribution >= 4 is 0 Å². The third-order valence-corrected chi connectivity index (χ3v) is 3.93. The fourth-order valence-corrected chi connectivity index (χ4v) is 3.66. The van der Waals surface area contributed by atoms with Crippen molar-refractivity contribution in [1.29, 1.82) is 0 Å². The summed E-state index contributed by atoms with van der Waals surface area (Å²) < 4.78 is 0. The zero-order valence-corrected chi connectivity index (χ0v) is 9.27. The van der Waals surface area contributed by atoms with Crippen LogP contribution < -0.4 is 0 Å². The minimum absolute atomic E-state index is 0.682. The molecular formula is C13H22. The molecule has 2 aliphatic rings. The van der Waals surface area contributed by atoms with Gasteiger partial charge in [-0.1, -0.05) is 25.5 Å². The Morgan fingerprint density at radius 2 is 2.15 bits per heavy atom. The van der Waals surface area contributed by atoms with E-state index < -0.39 is 0 Å². The van der Waals surface area contributed by atoms with Crippen LogP contribution in [0.5, 0.6) is 0 Å². The number of rotatable bonds is 0. The molecule has 0 aliphatic heterocycles. The monoisotopic (exact) mass is 178 g/mol. The molecule has 0 aromatic carbocycles. The fourth-order valence-electron chi connectivity index (χ4n) is 3.66. The molecule has 0 heterocycles. The Morgan fingerprint density at radius 3 is 2.92 bits per heavy atom. The molecule has 2 rings (SSSR count). The Morgan fingerprint density at radius 1 is 1.38 bits per heavy atom. The third kappa shape index (κ3) is 1.98. The van der Waals surface area contributed by atoms with Crippen molar-refractivity contribution in [2.75, 3.05) is 0 Å². The lowest BCUT2D eigenvalue weighted by atomic mass is 9.77. The summed E-state index contributed by atoms with van der Waals surface area (Å²) >= 11 is 0. The first-order valence-electron chi connectivity index (χ1n) is 5.75. The van der Waals surface area contributed by atoms with Gasteiger partial charge < -0.3 is 0 Å². The molecule has 0 aromatic rings. The number of hydrogen-bond acceptors (Lipinski definition) is 0. The van der Waals surface area contributed by atoms with Crippen LogP contribution in [-0.2, 0) is 0 Å². The van der Waals surface area contributed by atoms with Gasteiger partial charge in [0.15, 0.2) is 0 Å². The van der Waals surface area contributed by atoms with Crippen LogP contribution >= 0.6 is 0 Å². The van der Waals surface area contributed by atoms with Crippen LogP contribution in [0.2, 0.25) is 0 Å². The van der Waals surface area contributed by atoms with Crippen LogP contribution in [0, 0.1) is 17.3 Å². The van der Waals surface area contributed by atoms with Crippen LogP contribution in [-0.4, -0.2) is 0 Å². The Labute approximate surface area is 82.4 Å². The number of hydrogen-bond donors (Lipinski definition) is 0. The Hall–Kier alpha value is -0.260. The largest absolute Gasteiger partial charge is 0.0827 e. The van der Waals surface area contributed by atoms with Crippen molar-refractivity contribution in [3.8, 4) is 0 Å². The van der Waals surface area contributed by atoms with E-state index in [0.717, 1.165) is 11.8 Å². The van der Waals surface area contributed by atoms with Gasteiger partial charge in [-0.3, -0.25) is 0 Å². The Bertz CT molecular complexity index is 226. The van der Waals surface area contributed by atoms with Crippen LogP contribution in [0.4, 0.5) is 0 Å². The van der Waals surface area contributed by atoms with E-state index in [9.17, 15) is 0 Å². The maximum atomic E-state index is 2.51. The summed E-state index contributed by atoms with van der Waals surface area (Å²) in [5, 5.41) is 0. The molecule has 0 amide bonds. The molecule has 0 spiro atoms. The van der Waals surface area contributed by atoms with Gasteiger partial charge in [-0.25, -0.2) is 0 Å². The van der Waals surface area contributed by atoms with Gasteiger partial charge in [0, 0.05) is 0 Å². The molecular weight excluding hydrogens is 156 g/mol. The van der Waals surface area contributed by atoms with Crippen molar-refractivity contribution in [3.05, 3.63) is 11.6 Å². The van der Waals surface area contributed by atoms with Crippen molar-refractivity contribution in [1.82, 2.24) is 0 Å². The summed E-state index contributed by atoms with van der Waals surface area (Å²) in [5.41, 5.74) is 2.32. The first-order valence-corrected chi connectivity index (χ1v) is 5.75. The van der Waals surface area contributed by atoms with Gasteiger partial charge in [0.1, 0.15) is 0 Å². The molecule has 3 unspecified atom stereocenters. The summed E-state index contributed by atoms with van der Waals surface area (Å²) in [6.45, 7) is 7.20. The predicted molar refractivity (Wildman–Crippen MR) is 57.6 cm³/mol. The maximum absolute atomic E-state index is 2.51. The molecule has 0 nitrogen and oxygen atoms in total. The molecule has 0 radical (unpaired) electrons. The first kappa shape index (κ1) is 9.30. The Balaban J connectivity index is 2.19. The lowest BCUT2D eigenvalue weighted by Gasteiger charge is -2.29. The second-order valence-corrected chi connectivity index (χ2v) is 5.82. The highest BCUT2D eigenvalue weighted by molar-refractivity contribution is 5.07. The van der Waals surface area contributed by atoms with E-state index in [2.05, 4.69) is 26.8 Å². The highest BCUT2D eigenvalue weighted by Crippen LogP contribution is 2.49. The smallest absolute Gasteiger partial charge is 0.0254 e. The third-order valence-electron chi connectivity index (χ3n) is 3.93. The number of allylic oxidation sites excluding steroid dienone is 2. The molecule has 1 saturated carbocycles. The molecule has 0 N–H and O–H groups in total. The van der Waals surface area contributed by atoms with E-state index in [4.69, 9.17) is 0 Å². The van der Waals surface area contributed by atoms with E-state index >= 15 is 0 Å². The SMILES string of the molecule is CC1=CC(C)CC2(C)CCC(C1)C2. The zero-order valence-electron chi connectivity index (χ0n) is 9.27. The van der Waals surface area contributed by atoms with Crippen LogP contribution in [0.3, 0.4) is 0 Å². The van der Waals surface area contributed by atoms with Gasteiger partial charge in [-0.15, -0.1) is 0 Å². The van der Waals surface area contributed by atoms with Gasteiger partial charge in [-0.2, -0.15) is 0 Å². The van der Waals surface area contributed by atoms with E-state index in [1.165, 1.54) is 32.1 Å². The highest BCUT2D eigenvalue weighted by Gasteiger charge is 2.36. The van der Waals surface area contributed by atoms with Gasteiger partial charge >= 0.3 is 0 Å². The van der Waals surface area contributed by atoms with Gasteiger partial charge in [0.25, 0.3) is 0 Å². The van der Waals surface area contributed by atoms with Gasteiger partial charge in [0.2, 0.25) is 0 Å². The standard InChI is InChI=1S/C13H22/c1-10-6-11(2)8-13(3)5-4-12(7-10)9-13/h6,11-12H,4-5,7-9H2,1-3H3. The second kappa shape index (κ2) is 3.15. The average Bonchev–Trinajstić information content (AvgIpc) is 2.29. The van der Waals surface area contributed by atoms with E-state index in [1.807, 2.05) is 0 Å². The molecule has 74 valence electrons. The van der Waals surface area contributed by atoms with Crippen LogP contribution in [0.1, 0.15) is 52.9 Å². The molecule has 13 heavy (non-hydrogen) atoms. The van der Waals surface area contributed by atoms with E-state index in [-0.39, 0.29) is 0 Å². The van der Waals surface area contributed by atoms with Crippen LogP contribution in [0.15, 0.2) is 11.6 Å². The quantitative estimate of drug-likeness (QED) is 0.488. The lowest BCUT2D eigenvalue weighted by Crippen LogP contribution is -2.17. The summed E-state index contributed by atoms with van der Waals surface area (Å²) in [7, 11) is 0. The van der Waals surface area contributed by atoms with Gasteiger partial charge in [-0.05, 0) is 56.3 Å². The van der Waals surface area contributed by atoms with E-state index in [0.29, 0.717) is 5.41 Å². The molecule has 0 aromatic heterocycles. The minimum Gasteiger partial charge on any atom is -0.0827 e. The van der Waals surface area contributed by atoms with Crippen molar-refractivity contribution in [2.24, 2.45) is 17.3 Å². The van der Waals surface area contributed by atoms with Crippen molar-refractivity contribution in [2.45, 2.75) is 52.9 Å². The lowest BCUT2D eigenvalue weighted by molar-refractivity contribution is 0.260. The van der Waals surface area contributed by atoms with Crippen molar-refractivity contribution < 1.29 is 0 Å². The molecule has 0 saturated heterocycles. The summed E-state index contributed by atoms with van der Waals surface area (Å²) in [4.78, 5) is 0. The topological polar surface area (TPSA) is 0 Å². The predicted octanol–water partition coefficient (Wildman–Crippen LogP) is 4.17. The first-order chi connectivity index (χ1) is 6.07. The second-order valence-electron chi connectivity index (χ2n) is 5.82. The normalized spacial score (nSPS) is 45.3. The van der Waals surface area contributed by atoms with Crippen LogP contribution in [0.25, 0.3) is 0 Å². The van der Waals surface area contributed by atoms with E-state index in [1.54, 1.807) is 5.57 Å². The van der Waals surface area contributed by atoms with Gasteiger partial charge in [0.05, 0.1) is 0 Å². The Kier molecular flexibility index (Phi) is 2.25. The average molecular weight is 178 g/mol. The summed E-state index contributed by atoms with van der Waals surface area (Å²) in [5.74, 6) is 1.82. The minimum atomic E-state index is 0.682. The molecule has 2 aliphatic carbocycles. The molecule has 3 atom stereocenters. The summed E-state index contributed by atoms with van der Waals surface area (Å²) in [6.07, 6.45) is 9.75. The molecule has 1 fully saturated rings. The van der Waals surface area contributed by atoms with Crippen molar-refractivity contribution in [3.63, 3.8) is 0 Å². The maximum Gasteiger partial charge on any atom is -0.0254 e. The number of fused-ring (bicyclic) bond motifs is 2. The fraction of sp³-hybridized carbons (Fsp3) is 0.846. The molecule has 0 heteroatoms. The molecule has 2 bridgehead atoms. The highest BCUT2D eigenvalue weighted by atomic mass is 14.4. The zero-order chi connectivity index (χ0) is 9.47.